The maximum Gasteiger partial charge on any atom is 0.346 e. The molecule has 0 aromatic carbocycles. The van der Waals surface area contributed by atoms with Crippen LogP contribution in [0.15, 0.2) is 0 Å². The summed E-state index contributed by atoms with van der Waals surface area (Å²) in [6, 6.07) is 0. The molecule has 0 saturated heterocycles. The largest absolute Gasteiger partial charge is 0.389 e. The maximum absolute atomic E-state index is 10.6. The van der Waals surface area contributed by atoms with E-state index in [1.807, 2.05) is 0 Å². The molecular formula is C7H10BrN3O4. The topological polar surface area (TPSA) is 112 Å². The van der Waals surface area contributed by atoms with Crippen molar-refractivity contribution in [1.82, 2.24) is 9.97 Å². The standard InChI is InChI=1S/C7H10BrN3O4/c1-3-9-5(6(13)4(12)2-8)7(10-3)11(14)15/h4,6,12-13H,2H2,1H3,(H,9,10). The molecule has 1 aromatic heterocycles. The predicted molar refractivity (Wildman–Crippen MR) is 54.7 cm³/mol. The molecule has 1 heterocycles. The van der Waals surface area contributed by atoms with Gasteiger partial charge in [-0.25, -0.2) is 9.97 Å². The molecule has 0 aliphatic heterocycles. The van der Waals surface area contributed by atoms with Crippen molar-refractivity contribution in [2.45, 2.75) is 19.1 Å². The van der Waals surface area contributed by atoms with Crippen LogP contribution < -0.4 is 0 Å². The van der Waals surface area contributed by atoms with Gasteiger partial charge in [0.1, 0.15) is 6.10 Å². The Labute approximate surface area is 93.4 Å². The van der Waals surface area contributed by atoms with Crippen molar-refractivity contribution >= 4 is 21.7 Å². The summed E-state index contributed by atoms with van der Waals surface area (Å²) in [6.07, 6.45) is -2.51. The summed E-state index contributed by atoms with van der Waals surface area (Å²) in [5, 5.41) is 29.6. The second kappa shape index (κ2) is 4.69. The molecule has 0 bridgehead atoms. The molecule has 7 nitrogen and oxygen atoms in total. The van der Waals surface area contributed by atoms with Gasteiger partial charge in [-0.2, -0.15) is 0 Å². The van der Waals surface area contributed by atoms with E-state index in [1.54, 1.807) is 0 Å². The van der Waals surface area contributed by atoms with Crippen molar-refractivity contribution in [3.63, 3.8) is 0 Å². The summed E-state index contributed by atoms with van der Waals surface area (Å²) in [7, 11) is 0. The molecule has 1 rings (SSSR count). The Hall–Kier alpha value is -0.990. The van der Waals surface area contributed by atoms with Crippen LogP contribution >= 0.6 is 15.9 Å². The average Bonchev–Trinajstić information content (AvgIpc) is 2.58. The Morgan fingerprint density at radius 3 is 2.73 bits per heavy atom. The van der Waals surface area contributed by atoms with Crippen LogP contribution in [0.4, 0.5) is 5.82 Å². The molecule has 0 aliphatic carbocycles. The highest BCUT2D eigenvalue weighted by atomic mass is 79.9. The normalized spacial score (nSPS) is 14.9. The minimum atomic E-state index is -1.38. The molecule has 8 heteroatoms. The number of nitro groups is 1. The van der Waals surface area contributed by atoms with Gasteiger partial charge >= 0.3 is 5.82 Å². The van der Waals surface area contributed by atoms with Gasteiger partial charge in [-0.05, 0) is 4.92 Å². The summed E-state index contributed by atoms with van der Waals surface area (Å²) in [6.45, 7) is 1.53. The monoisotopic (exact) mass is 279 g/mol. The quantitative estimate of drug-likeness (QED) is 0.420. The van der Waals surface area contributed by atoms with E-state index in [-0.39, 0.29) is 16.8 Å². The highest BCUT2D eigenvalue weighted by Gasteiger charge is 2.29. The number of aryl methyl sites for hydroxylation is 1. The van der Waals surface area contributed by atoms with Crippen LogP contribution in [0.25, 0.3) is 0 Å². The smallest absolute Gasteiger partial charge is 0.346 e. The predicted octanol–water partition coefficient (Wildman–Crippen LogP) is 0.416. The lowest BCUT2D eigenvalue weighted by molar-refractivity contribution is -0.390. The molecule has 0 spiro atoms. The van der Waals surface area contributed by atoms with E-state index in [0.29, 0.717) is 5.82 Å². The van der Waals surface area contributed by atoms with Crippen molar-refractivity contribution in [3.05, 3.63) is 21.6 Å². The fraction of sp³-hybridized carbons (Fsp3) is 0.571. The lowest BCUT2D eigenvalue weighted by Gasteiger charge is -2.12. The Balaban J connectivity index is 3.07. The van der Waals surface area contributed by atoms with Gasteiger partial charge in [0.25, 0.3) is 0 Å². The number of nitrogens with one attached hydrogen (secondary N) is 1. The summed E-state index contributed by atoms with van der Waals surface area (Å²) in [5.74, 6) is -0.0717. The molecule has 15 heavy (non-hydrogen) atoms. The van der Waals surface area contributed by atoms with Gasteiger partial charge in [-0.3, -0.25) is 0 Å². The van der Waals surface area contributed by atoms with Crippen LogP contribution in [-0.4, -0.2) is 36.5 Å². The molecule has 0 aliphatic rings. The Morgan fingerprint density at radius 1 is 1.67 bits per heavy atom. The van der Waals surface area contributed by atoms with Gasteiger partial charge in [0.05, 0.1) is 6.10 Å². The highest BCUT2D eigenvalue weighted by molar-refractivity contribution is 9.09. The van der Waals surface area contributed by atoms with Crippen molar-refractivity contribution in [2.24, 2.45) is 0 Å². The second-order valence-corrected chi connectivity index (χ2v) is 3.63. The van der Waals surface area contributed by atoms with E-state index in [0.717, 1.165) is 0 Å². The van der Waals surface area contributed by atoms with Gasteiger partial charge in [0, 0.05) is 12.3 Å². The Kier molecular flexibility index (Phi) is 3.77. The highest BCUT2D eigenvalue weighted by Crippen LogP contribution is 2.25. The minimum Gasteiger partial charge on any atom is -0.389 e. The first-order valence-electron chi connectivity index (χ1n) is 4.10. The third-order valence-electron chi connectivity index (χ3n) is 1.82. The van der Waals surface area contributed by atoms with Crippen molar-refractivity contribution in [2.75, 3.05) is 5.33 Å². The number of imidazole rings is 1. The summed E-state index contributed by atoms with van der Waals surface area (Å²) < 4.78 is 0. The maximum atomic E-state index is 10.6. The fourth-order valence-electron chi connectivity index (χ4n) is 1.11. The van der Waals surface area contributed by atoms with Gasteiger partial charge in [0.15, 0.2) is 11.5 Å². The molecule has 0 fully saturated rings. The minimum absolute atomic E-state index is 0.108. The van der Waals surface area contributed by atoms with Gasteiger partial charge in [0.2, 0.25) is 0 Å². The van der Waals surface area contributed by atoms with Gasteiger partial charge < -0.3 is 20.3 Å². The van der Waals surface area contributed by atoms with E-state index < -0.39 is 17.1 Å². The molecule has 2 atom stereocenters. The molecule has 0 saturated carbocycles. The third-order valence-corrected chi connectivity index (χ3v) is 2.48. The average molecular weight is 280 g/mol. The molecular weight excluding hydrogens is 270 g/mol. The summed E-state index contributed by atoms with van der Waals surface area (Å²) >= 11 is 2.96. The number of hydrogen-bond acceptors (Lipinski definition) is 5. The number of H-pyrrole nitrogens is 1. The molecule has 1 aromatic rings. The number of rotatable bonds is 4. The lowest BCUT2D eigenvalue weighted by Crippen LogP contribution is -2.20. The number of aliphatic hydroxyl groups excluding tert-OH is 2. The van der Waals surface area contributed by atoms with Gasteiger partial charge in [-0.1, -0.05) is 15.9 Å². The van der Waals surface area contributed by atoms with E-state index in [1.165, 1.54) is 6.92 Å². The number of hydrogen-bond donors (Lipinski definition) is 3. The number of halogens is 1. The summed E-state index contributed by atoms with van der Waals surface area (Å²) in [5.41, 5.74) is -0.149. The van der Waals surface area contributed by atoms with Crippen molar-refractivity contribution < 1.29 is 15.1 Å². The van der Waals surface area contributed by atoms with E-state index >= 15 is 0 Å². The number of aromatic amines is 1. The van der Waals surface area contributed by atoms with Crippen LogP contribution in [0.1, 0.15) is 17.6 Å². The summed E-state index contributed by atoms with van der Waals surface area (Å²) in [4.78, 5) is 16.1. The Bertz CT molecular complexity index is 367. The van der Waals surface area contributed by atoms with E-state index in [4.69, 9.17) is 0 Å². The van der Waals surface area contributed by atoms with Gasteiger partial charge in [-0.15, -0.1) is 0 Å². The van der Waals surface area contributed by atoms with Crippen LogP contribution in [0.3, 0.4) is 0 Å². The van der Waals surface area contributed by atoms with Crippen LogP contribution in [0, 0.1) is 17.0 Å². The fourth-order valence-corrected chi connectivity index (χ4v) is 1.46. The van der Waals surface area contributed by atoms with E-state index in [2.05, 4.69) is 25.9 Å². The number of alkyl halides is 1. The molecule has 0 amide bonds. The van der Waals surface area contributed by atoms with Crippen molar-refractivity contribution in [1.29, 1.82) is 0 Å². The first kappa shape index (κ1) is 12.1. The number of nitrogens with zero attached hydrogens (tertiary/aromatic N) is 2. The number of aliphatic hydroxyl groups is 2. The number of aromatic nitrogens is 2. The molecule has 2 unspecified atom stereocenters. The molecule has 3 N–H and O–H groups in total. The van der Waals surface area contributed by atoms with E-state index in [9.17, 15) is 20.3 Å². The second-order valence-electron chi connectivity index (χ2n) is 2.98. The first-order chi connectivity index (χ1) is 6.97. The van der Waals surface area contributed by atoms with Crippen LogP contribution in [-0.2, 0) is 0 Å². The SMILES string of the molecule is Cc1nc(C(O)C(O)CBr)c([N+](=O)[O-])[nH]1. The third kappa shape index (κ3) is 2.52. The molecule has 0 radical (unpaired) electrons. The zero-order valence-corrected chi connectivity index (χ0v) is 9.43. The zero-order valence-electron chi connectivity index (χ0n) is 7.85. The Morgan fingerprint density at radius 2 is 2.27 bits per heavy atom. The van der Waals surface area contributed by atoms with Crippen LogP contribution in [0.2, 0.25) is 0 Å². The first-order valence-corrected chi connectivity index (χ1v) is 5.22. The van der Waals surface area contributed by atoms with Crippen molar-refractivity contribution in [3.8, 4) is 0 Å². The molecule has 84 valence electrons. The lowest BCUT2D eigenvalue weighted by atomic mass is 10.1. The zero-order chi connectivity index (χ0) is 11.6. The van der Waals surface area contributed by atoms with Crippen LogP contribution in [0.5, 0.6) is 0 Å².